The maximum Gasteiger partial charge on any atom is 0.305 e. The van der Waals surface area contributed by atoms with Crippen LogP contribution in [0.5, 0.6) is 0 Å². The molecule has 0 fully saturated rings. The van der Waals surface area contributed by atoms with Crippen LogP contribution >= 0.6 is 0 Å². The molecular formula is C24H24FN3O5. The lowest BCUT2D eigenvalue weighted by Gasteiger charge is -2.20. The molecule has 0 aliphatic rings. The second kappa shape index (κ2) is 10.6. The van der Waals surface area contributed by atoms with Crippen LogP contribution in [-0.4, -0.2) is 45.3 Å². The standard InChI is InChI=1S/C24H24FN3O5/c1-2-17(23(32)27-20(12-22(30)31)21(29)13-25)19-10-11-26-28(24(19)33)14-16-8-5-7-15-6-3-4-9-18(15)16/h3-11,17,20H,2,12-14H2,1H3,(H,27,32)(H,30,31). The number of nitrogens with one attached hydrogen (secondary N) is 1. The zero-order valence-electron chi connectivity index (χ0n) is 18.0. The first-order chi connectivity index (χ1) is 15.8. The Kier molecular flexibility index (Phi) is 7.66. The monoisotopic (exact) mass is 453 g/mol. The van der Waals surface area contributed by atoms with E-state index < -0.39 is 48.3 Å². The van der Waals surface area contributed by atoms with E-state index in [1.165, 1.54) is 16.9 Å². The third-order valence-corrected chi connectivity index (χ3v) is 5.46. The highest BCUT2D eigenvalue weighted by molar-refractivity contribution is 5.94. The molecule has 0 aliphatic carbocycles. The summed E-state index contributed by atoms with van der Waals surface area (Å²) in [6.07, 6.45) is 0.884. The normalized spacial score (nSPS) is 12.8. The van der Waals surface area contributed by atoms with Gasteiger partial charge in [0.1, 0.15) is 12.7 Å². The molecule has 9 heteroatoms. The number of alkyl halides is 1. The van der Waals surface area contributed by atoms with Crippen LogP contribution in [-0.2, 0) is 20.9 Å². The molecular weight excluding hydrogens is 429 g/mol. The third kappa shape index (κ3) is 5.49. The topological polar surface area (TPSA) is 118 Å². The predicted molar refractivity (Wildman–Crippen MR) is 120 cm³/mol. The summed E-state index contributed by atoms with van der Waals surface area (Å²) >= 11 is 0. The number of benzene rings is 2. The number of rotatable bonds is 10. The number of carbonyl (C=O) groups is 3. The van der Waals surface area contributed by atoms with E-state index >= 15 is 0 Å². The minimum absolute atomic E-state index is 0.159. The van der Waals surface area contributed by atoms with Crippen molar-refractivity contribution in [2.24, 2.45) is 0 Å². The lowest BCUT2D eigenvalue weighted by Crippen LogP contribution is -2.45. The van der Waals surface area contributed by atoms with Crippen molar-refractivity contribution < 1.29 is 23.9 Å². The van der Waals surface area contributed by atoms with E-state index in [0.29, 0.717) is 0 Å². The molecule has 0 aliphatic heterocycles. The average molecular weight is 453 g/mol. The average Bonchev–Trinajstić information content (AvgIpc) is 2.80. The van der Waals surface area contributed by atoms with Gasteiger partial charge in [-0.2, -0.15) is 5.10 Å². The number of aliphatic carboxylic acids is 1. The van der Waals surface area contributed by atoms with Gasteiger partial charge in [-0.3, -0.25) is 19.2 Å². The lowest BCUT2D eigenvalue weighted by atomic mass is 9.96. The first kappa shape index (κ1) is 23.8. The molecule has 2 aromatic carbocycles. The third-order valence-electron chi connectivity index (χ3n) is 5.46. The van der Waals surface area contributed by atoms with Gasteiger partial charge in [0.05, 0.1) is 18.9 Å². The van der Waals surface area contributed by atoms with Gasteiger partial charge >= 0.3 is 5.97 Å². The summed E-state index contributed by atoms with van der Waals surface area (Å²) < 4.78 is 14.1. The van der Waals surface area contributed by atoms with Crippen molar-refractivity contribution in [1.82, 2.24) is 15.1 Å². The fraction of sp³-hybridized carbons (Fsp3) is 0.292. The van der Waals surface area contributed by atoms with Crippen molar-refractivity contribution in [2.45, 2.75) is 38.3 Å². The number of halogens is 1. The van der Waals surface area contributed by atoms with E-state index in [2.05, 4.69) is 10.4 Å². The fourth-order valence-electron chi connectivity index (χ4n) is 3.77. The molecule has 33 heavy (non-hydrogen) atoms. The van der Waals surface area contributed by atoms with Gasteiger partial charge in [-0.25, -0.2) is 9.07 Å². The Bertz CT molecular complexity index is 1230. The summed E-state index contributed by atoms with van der Waals surface area (Å²) in [7, 11) is 0. The van der Waals surface area contributed by atoms with E-state index in [-0.39, 0.29) is 18.5 Å². The molecule has 2 atom stereocenters. The number of carboxylic acid groups (broad SMARTS) is 1. The summed E-state index contributed by atoms with van der Waals surface area (Å²) in [5, 5.41) is 17.4. The van der Waals surface area contributed by atoms with Gasteiger partial charge in [0.25, 0.3) is 5.56 Å². The number of aromatic nitrogens is 2. The molecule has 172 valence electrons. The van der Waals surface area contributed by atoms with E-state index in [4.69, 9.17) is 5.11 Å². The van der Waals surface area contributed by atoms with Gasteiger partial charge < -0.3 is 10.4 Å². The quantitative estimate of drug-likeness (QED) is 0.487. The molecule has 2 N–H and O–H groups in total. The van der Waals surface area contributed by atoms with Gasteiger partial charge in [0, 0.05) is 11.8 Å². The number of carbonyl (C=O) groups excluding carboxylic acids is 2. The van der Waals surface area contributed by atoms with E-state index in [1.54, 1.807) is 6.92 Å². The molecule has 3 aromatic rings. The van der Waals surface area contributed by atoms with Gasteiger partial charge in [-0.1, -0.05) is 49.4 Å². The number of nitrogens with zero attached hydrogens (tertiary/aromatic N) is 2. The molecule has 2 unspecified atom stereocenters. The fourth-order valence-corrected chi connectivity index (χ4v) is 3.77. The van der Waals surface area contributed by atoms with E-state index in [9.17, 15) is 23.6 Å². The smallest absolute Gasteiger partial charge is 0.305 e. The maximum absolute atomic E-state index is 13.2. The van der Waals surface area contributed by atoms with Crippen LogP contribution in [0.15, 0.2) is 59.5 Å². The van der Waals surface area contributed by atoms with Gasteiger partial charge in [-0.05, 0) is 28.8 Å². The first-order valence-corrected chi connectivity index (χ1v) is 10.5. The molecule has 8 nitrogen and oxygen atoms in total. The molecule has 0 bridgehead atoms. The number of hydrogen-bond acceptors (Lipinski definition) is 5. The van der Waals surface area contributed by atoms with Crippen LogP contribution in [0.4, 0.5) is 4.39 Å². The Hall–Kier alpha value is -3.88. The number of Topliss-reactive ketones (excluding diaryl/α,β-unsaturated/α-hetero) is 1. The van der Waals surface area contributed by atoms with Crippen LogP contribution in [0, 0.1) is 0 Å². The molecule has 3 rings (SSSR count). The molecule has 0 saturated carbocycles. The largest absolute Gasteiger partial charge is 0.481 e. The first-order valence-electron chi connectivity index (χ1n) is 10.5. The predicted octanol–water partition coefficient (Wildman–Crippen LogP) is 2.44. The van der Waals surface area contributed by atoms with Crippen molar-refractivity contribution in [2.75, 3.05) is 6.67 Å². The Morgan fingerprint density at radius 3 is 2.55 bits per heavy atom. The molecule has 1 heterocycles. The lowest BCUT2D eigenvalue weighted by molar-refractivity contribution is -0.140. The number of amides is 1. The minimum Gasteiger partial charge on any atom is -0.481 e. The highest BCUT2D eigenvalue weighted by Crippen LogP contribution is 2.20. The second-order valence-corrected chi connectivity index (χ2v) is 7.61. The summed E-state index contributed by atoms with van der Waals surface area (Å²) in [6.45, 7) is 0.471. The van der Waals surface area contributed by atoms with Crippen LogP contribution in [0.1, 0.15) is 36.8 Å². The van der Waals surface area contributed by atoms with Crippen molar-refractivity contribution >= 4 is 28.4 Å². The molecule has 1 aromatic heterocycles. The zero-order valence-corrected chi connectivity index (χ0v) is 18.0. The minimum atomic E-state index is -1.51. The van der Waals surface area contributed by atoms with Crippen LogP contribution in [0.2, 0.25) is 0 Å². The number of fused-ring (bicyclic) bond motifs is 1. The van der Waals surface area contributed by atoms with Crippen molar-refractivity contribution in [3.8, 4) is 0 Å². The summed E-state index contributed by atoms with van der Waals surface area (Å²) in [5.74, 6) is -4.06. The SMILES string of the molecule is CCC(C(=O)NC(CC(=O)O)C(=O)CF)c1ccnn(Cc2cccc3ccccc23)c1=O. The molecule has 0 saturated heterocycles. The summed E-state index contributed by atoms with van der Waals surface area (Å²) in [5.41, 5.74) is 0.568. The molecule has 0 spiro atoms. The van der Waals surface area contributed by atoms with Crippen LogP contribution in [0.3, 0.4) is 0 Å². The van der Waals surface area contributed by atoms with Gasteiger partial charge in [0.15, 0.2) is 5.78 Å². The van der Waals surface area contributed by atoms with Crippen LogP contribution in [0.25, 0.3) is 10.8 Å². The van der Waals surface area contributed by atoms with Crippen molar-refractivity contribution in [3.05, 3.63) is 76.2 Å². The number of ketones is 1. The molecule has 0 radical (unpaired) electrons. The summed E-state index contributed by atoms with van der Waals surface area (Å²) in [4.78, 5) is 48.7. The van der Waals surface area contributed by atoms with Crippen LogP contribution < -0.4 is 10.9 Å². The zero-order chi connectivity index (χ0) is 24.0. The number of carboxylic acids is 1. The van der Waals surface area contributed by atoms with Crippen molar-refractivity contribution in [1.29, 1.82) is 0 Å². The highest BCUT2D eigenvalue weighted by atomic mass is 19.1. The highest BCUT2D eigenvalue weighted by Gasteiger charge is 2.29. The maximum atomic E-state index is 13.2. The molecule has 1 amide bonds. The van der Waals surface area contributed by atoms with Gasteiger partial charge in [0.2, 0.25) is 5.91 Å². The second-order valence-electron chi connectivity index (χ2n) is 7.61. The summed E-state index contributed by atoms with van der Waals surface area (Å²) in [6, 6.07) is 13.4. The Morgan fingerprint density at radius 1 is 1.12 bits per heavy atom. The van der Waals surface area contributed by atoms with E-state index in [0.717, 1.165) is 16.3 Å². The van der Waals surface area contributed by atoms with Crippen molar-refractivity contribution in [3.63, 3.8) is 0 Å². The Morgan fingerprint density at radius 2 is 1.85 bits per heavy atom. The van der Waals surface area contributed by atoms with E-state index in [1.807, 2.05) is 42.5 Å². The van der Waals surface area contributed by atoms with Gasteiger partial charge in [-0.15, -0.1) is 0 Å². The Labute approximate surface area is 189 Å². The Balaban J connectivity index is 1.90. The number of hydrogen-bond donors (Lipinski definition) is 2.